The predicted molar refractivity (Wildman–Crippen MR) is 83.6 cm³/mol. The van der Waals surface area contributed by atoms with Crippen molar-refractivity contribution >= 4 is 0 Å². The van der Waals surface area contributed by atoms with E-state index < -0.39 is 0 Å². The fourth-order valence-corrected chi connectivity index (χ4v) is 6.39. The van der Waals surface area contributed by atoms with E-state index in [9.17, 15) is 0 Å². The molecule has 6 unspecified atom stereocenters. The van der Waals surface area contributed by atoms with Crippen LogP contribution in [-0.4, -0.2) is 49.1 Å². The van der Waals surface area contributed by atoms with Crippen molar-refractivity contribution in [3.63, 3.8) is 0 Å². The maximum atomic E-state index is 2.82. The van der Waals surface area contributed by atoms with E-state index in [-0.39, 0.29) is 0 Å². The van der Waals surface area contributed by atoms with Crippen LogP contribution in [0.15, 0.2) is 0 Å². The Hall–Kier alpha value is -0.0800. The van der Waals surface area contributed by atoms with Gasteiger partial charge in [-0.25, -0.2) is 0 Å². The van der Waals surface area contributed by atoms with Crippen molar-refractivity contribution in [2.45, 2.75) is 39.5 Å². The molecule has 0 radical (unpaired) electrons. The van der Waals surface area contributed by atoms with Gasteiger partial charge in [0, 0.05) is 26.2 Å². The number of rotatable bonds is 4. The third kappa shape index (κ3) is 1.98. The molecule has 2 bridgehead atoms. The van der Waals surface area contributed by atoms with E-state index in [1.165, 1.54) is 52.1 Å². The first-order chi connectivity index (χ1) is 9.81. The Bertz CT molecular complexity index is 327. The third-order valence-corrected chi connectivity index (χ3v) is 7.28. The predicted octanol–water partition coefficient (Wildman–Crippen LogP) is 2.94. The van der Waals surface area contributed by atoms with Gasteiger partial charge in [-0.3, -0.25) is 0 Å². The summed E-state index contributed by atoms with van der Waals surface area (Å²) in [6.45, 7) is 13.1. The van der Waals surface area contributed by atoms with Crippen molar-refractivity contribution in [2.24, 2.45) is 35.5 Å². The Morgan fingerprint density at radius 1 is 0.700 bits per heavy atom. The smallest absolute Gasteiger partial charge is 0.00158 e. The topological polar surface area (TPSA) is 6.48 Å². The average molecular weight is 276 g/mol. The molecule has 2 saturated heterocycles. The van der Waals surface area contributed by atoms with Crippen LogP contribution >= 0.6 is 0 Å². The molecular formula is C18H32N2. The van der Waals surface area contributed by atoms with Gasteiger partial charge in [0.2, 0.25) is 0 Å². The van der Waals surface area contributed by atoms with Crippen molar-refractivity contribution in [3.8, 4) is 0 Å². The Morgan fingerprint density at radius 3 is 1.65 bits per heavy atom. The first kappa shape index (κ1) is 13.6. The van der Waals surface area contributed by atoms with Gasteiger partial charge in [0.1, 0.15) is 0 Å². The molecule has 0 amide bonds. The zero-order valence-corrected chi connectivity index (χ0v) is 13.4. The van der Waals surface area contributed by atoms with E-state index >= 15 is 0 Å². The molecule has 5 aliphatic rings. The molecule has 0 aromatic carbocycles. The molecule has 3 aliphatic carbocycles. The average Bonchev–Trinajstić information content (AvgIpc) is 3.09. The molecule has 5 fully saturated rings. The van der Waals surface area contributed by atoms with Gasteiger partial charge in [-0.2, -0.15) is 0 Å². The lowest BCUT2D eigenvalue weighted by atomic mass is 9.52. The Labute approximate surface area is 124 Å². The fourth-order valence-electron chi connectivity index (χ4n) is 6.39. The molecule has 0 aromatic rings. The lowest BCUT2D eigenvalue weighted by molar-refractivity contribution is -0.0289. The van der Waals surface area contributed by atoms with Crippen molar-refractivity contribution < 1.29 is 0 Å². The molecule has 2 heteroatoms. The van der Waals surface area contributed by atoms with Gasteiger partial charge in [0.05, 0.1) is 0 Å². The van der Waals surface area contributed by atoms with Gasteiger partial charge in [-0.1, -0.05) is 20.3 Å². The lowest BCUT2D eigenvalue weighted by Gasteiger charge is -2.52. The summed E-state index contributed by atoms with van der Waals surface area (Å²) in [4.78, 5) is 5.57. The van der Waals surface area contributed by atoms with Crippen LogP contribution in [0.1, 0.15) is 39.5 Å². The maximum absolute atomic E-state index is 2.82. The molecule has 2 aliphatic heterocycles. The molecule has 20 heavy (non-hydrogen) atoms. The van der Waals surface area contributed by atoms with Crippen LogP contribution < -0.4 is 0 Å². The van der Waals surface area contributed by atoms with Crippen LogP contribution in [0.25, 0.3) is 0 Å². The third-order valence-electron chi connectivity index (χ3n) is 7.28. The van der Waals surface area contributed by atoms with Gasteiger partial charge >= 0.3 is 0 Å². The minimum Gasteiger partial charge on any atom is -0.303 e. The van der Waals surface area contributed by atoms with Crippen LogP contribution in [0.3, 0.4) is 0 Å². The molecule has 2 heterocycles. The van der Waals surface area contributed by atoms with Crippen molar-refractivity contribution in [1.29, 1.82) is 0 Å². The molecular weight excluding hydrogens is 244 g/mol. The van der Waals surface area contributed by atoms with Crippen LogP contribution in [0.5, 0.6) is 0 Å². The Kier molecular flexibility index (Phi) is 3.58. The largest absolute Gasteiger partial charge is 0.303 e. The van der Waals surface area contributed by atoms with Crippen molar-refractivity contribution in [3.05, 3.63) is 0 Å². The van der Waals surface area contributed by atoms with E-state index in [4.69, 9.17) is 0 Å². The summed E-state index contributed by atoms with van der Waals surface area (Å²) in [6.07, 6.45) is 5.89. The fraction of sp³-hybridized carbons (Fsp3) is 1.00. The van der Waals surface area contributed by atoms with Gasteiger partial charge in [0.25, 0.3) is 0 Å². The molecule has 0 spiro atoms. The Morgan fingerprint density at radius 2 is 1.20 bits per heavy atom. The zero-order chi connectivity index (χ0) is 13.7. The molecule has 3 saturated carbocycles. The zero-order valence-electron chi connectivity index (χ0n) is 13.4. The maximum Gasteiger partial charge on any atom is 0.00158 e. The second kappa shape index (κ2) is 5.28. The van der Waals surface area contributed by atoms with E-state index in [0.29, 0.717) is 0 Å². The lowest BCUT2D eigenvalue weighted by Crippen LogP contribution is -2.49. The van der Waals surface area contributed by atoms with Crippen molar-refractivity contribution in [1.82, 2.24) is 9.80 Å². The SMILES string of the molecule is CCCCN1CC2C3CCC(C4CN(CC)CC34)C2C1. The van der Waals surface area contributed by atoms with E-state index in [0.717, 1.165) is 35.5 Å². The number of hydrogen-bond acceptors (Lipinski definition) is 2. The van der Waals surface area contributed by atoms with Gasteiger partial charge in [0.15, 0.2) is 0 Å². The van der Waals surface area contributed by atoms with Crippen LogP contribution in [-0.2, 0) is 0 Å². The standard InChI is InChI=1S/C18H32N2/c1-3-5-8-20-11-17-13-6-7-14(18(17)12-20)16-10-19(4-2)9-15(13)16/h13-18H,3-12H2,1-2H3. The minimum absolute atomic E-state index is 1.07. The second-order valence-electron chi connectivity index (χ2n) is 8.03. The Balaban J connectivity index is 1.49. The molecule has 6 atom stereocenters. The summed E-state index contributed by atoms with van der Waals surface area (Å²) in [5.74, 6) is 6.45. The van der Waals surface area contributed by atoms with Crippen molar-refractivity contribution in [2.75, 3.05) is 39.3 Å². The molecule has 2 nitrogen and oxygen atoms in total. The second-order valence-corrected chi connectivity index (χ2v) is 8.03. The van der Waals surface area contributed by atoms with Gasteiger partial charge in [-0.05, 0) is 67.9 Å². The summed E-state index contributed by atoms with van der Waals surface area (Å²) in [6, 6.07) is 0. The molecule has 0 N–H and O–H groups in total. The number of nitrogens with zero attached hydrogens (tertiary/aromatic N) is 2. The summed E-state index contributed by atoms with van der Waals surface area (Å²) in [5.41, 5.74) is 0. The molecule has 0 aromatic heterocycles. The number of hydrogen-bond donors (Lipinski definition) is 0. The molecule has 114 valence electrons. The highest BCUT2D eigenvalue weighted by Crippen LogP contribution is 2.59. The number of likely N-dealkylation sites (tertiary alicyclic amines) is 2. The summed E-state index contributed by atoms with van der Waals surface area (Å²) < 4.78 is 0. The highest BCUT2D eigenvalue weighted by atomic mass is 15.2. The number of unbranched alkanes of at least 4 members (excludes halogenated alkanes) is 1. The van der Waals surface area contributed by atoms with E-state index in [2.05, 4.69) is 23.6 Å². The van der Waals surface area contributed by atoms with Crippen LogP contribution in [0.2, 0.25) is 0 Å². The highest BCUT2D eigenvalue weighted by Gasteiger charge is 2.58. The van der Waals surface area contributed by atoms with Gasteiger partial charge in [-0.15, -0.1) is 0 Å². The van der Waals surface area contributed by atoms with Crippen LogP contribution in [0.4, 0.5) is 0 Å². The summed E-state index contributed by atoms with van der Waals surface area (Å²) in [7, 11) is 0. The summed E-state index contributed by atoms with van der Waals surface area (Å²) >= 11 is 0. The quantitative estimate of drug-likeness (QED) is 0.779. The highest BCUT2D eigenvalue weighted by molar-refractivity contribution is 5.08. The normalized spacial score (nSPS) is 47.7. The summed E-state index contributed by atoms with van der Waals surface area (Å²) in [5, 5.41) is 0. The van der Waals surface area contributed by atoms with Gasteiger partial charge < -0.3 is 9.80 Å². The number of fused-ring (bicyclic) bond motifs is 1. The monoisotopic (exact) mass is 276 g/mol. The minimum atomic E-state index is 1.07. The van der Waals surface area contributed by atoms with Crippen LogP contribution in [0, 0.1) is 35.5 Å². The molecule has 5 rings (SSSR count). The van der Waals surface area contributed by atoms with E-state index in [1.54, 1.807) is 12.8 Å². The first-order valence-corrected chi connectivity index (χ1v) is 9.26. The van der Waals surface area contributed by atoms with E-state index in [1.807, 2.05) is 0 Å². The first-order valence-electron chi connectivity index (χ1n) is 9.26.